The lowest BCUT2D eigenvalue weighted by Crippen LogP contribution is -2.22. The van der Waals surface area contributed by atoms with Crippen LogP contribution in [-0.4, -0.2) is 10.8 Å². The summed E-state index contributed by atoms with van der Waals surface area (Å²) in [6.45, 7) is 0. The van der Waals surface area contributed by atoms with E-state index in [1.807, 2.05) is 0 Å². The monoisotopic (exact) mass is 253 g/mol. The van der Waals surface area contributed by atoms with Crippen LogP contribution in [0.15, 0.2) is 53.8 Å². The molecule has 1 unspecified atom stereocenters. The van der Waals surface area contributed by atoms with Crippen molar-refractivity contribution in [2.24, 2.45) is 10.8 Å². The lowest BCUT2D eigenvalue weighted by atomic mass is 10.0. The minimum absolute atomic E-state index is 0.230. The maximum absolute atomic E-state index is 12.1. The van der Waals surface area contributed by atoms with Crippen LogP contribution in [0.4, 0.5) is 5.69 Å². The zero-order chi connectivity index (χ0) is 13.7. The first-order valence-corrected chi connectivity index (χ1v) is 5.58. The van der Waals surface area contributed by atoms with Crippen LogP contribution in [-0.2, 0) is 0 Å². The Balaban J connectivity index is 2.22. The highest BCUT2D eigenvalue weighted by molar-refractivity contribution is 6.00. The smallest absolute Gasteiger partial charge is 0.185 e. The number of ketones is 1. The summed E-state index contributed by atoms with van der Waals surface area (Å²) in [6, 6.07) is 10.7. The predicted octanol–water partition coefficient (Wildman–Crippen LogP) is 2.91. The fourth-order valence-electron chi connectivity index (χ4n) is 1.62. The molecule has 1 atom stereocenters. The van der Waals surface area contributed by atoms with Gasteiger partial charge in [0.15, 0.2) is 5.78 Å². The molecule has 0 aliphatic rings. The third-order valence-electron chi connectivity index (χ3n) is 2.60. The van der Waals surface area contributed by atoms with Crippen molar-refractivity contribution in [1.82, 2.24) is 4.98 Å². The molecule has 2 aromatic rings. The second-order valence-corrected chi connectivity index (χ2v) is 3.83. The number of hydrogen-bond acceptors (Lipinski definition) is 4. The van der Waals surface area contributed by atoms with Crippen molar-refractivity contribution >= 4 is 11.5 Å². The molecule has 1 aromatic heterocycles. The molecule has 6 heteroatoms. The molecule has 0 bridgehead atoms. The molecule has 0 spiro atoms. The highest BCUT2D eigenvalue weighted by Gasteiger charge is 2.18. The summed E-state index contributed by atoms with van der Waals surface area (Å²) in [5.74, 6) is -0.230. The van der Waals surface area contributed by atoms with Gasteiger partial charge >= 0.3 is 0 Å². The third kappa shape index (κ3) is 2.95. The number of carbonyl (C=O) groups is 1. The molecule has 1 aromatic carbocycles. The van der Waals surface area contributed by atoms with Crippen molar-refractivity contribution < 1.29 is 4.79 Å². The van der Waals surface area contributed by atoms with Crippen LogP contribution in [0.3, 0.4) is 0 Å². The molecular formula is C13H11N5O. The maximum Gasteiger partial charge on any atom is 0.185 e. The summed E-state index contributed by atoms with van der Waals surface area (Å²) >= 11 is 0. The van der Waals surface area contributed by atoms with Gasteiger partial charge in [-0.2, -0.15) is 0 Å². The molecule has 2 rings (SSSR count). The van der Waals surface area contributed by atoms with Gasteiger partial charge in [-0.3, -0.25) is 9.78 Å². The quantitative estimate of drug-likeness (QED) is 0.392. The van der Waals surface area contributed by atoms with E-state index >= 15 is 0 Å². The summed E-state index contributed by atoms with van der Waals surface area (Å²) in [5, 5.41) is 3.44. The van der Waals surface area contributed by atoms with Gasteiger partial charge in [0.25, 0.3) is 0 Å². The maximum atomic E-state index is 12.1. The van der Waals surface area contributed by atoms with Gasteiger partial charge in [-0.05, 0) is 17.7 Å². The molecule has 0 saturated carbocycles. The summed E-state index contributed by atoms with van der Waals surface area (Å²) in [6.07, 6.45) is 1.59. The van der Waals surface area contributed by atoms with E-state index in [0.29, 0.717) is 16.9 Å². The molecule has 0 aliphatic carbocycles. The summed E-state index contributed by atoms with van der Waals surface area (Å²) in [5.41, 5.74) is 15.6. The number of pyridine rings is 1. The van der Waals surface area contributed by atoms with Gasteiger partial charge in [0.2, 0.25) is 0 Å². The summed E-state index contributed by atoms with van der Waals surface area (Å²) < 4.78 is 0. The van der Waals surface area contributed by atoms with Crippen molar-refractivity contribution in [2.75, 3.05) is 0 Å². The molecule has 0 amide bonds. The Morgan fingerprint density at radius 2 is 2.00 bits per heavy atom. The van der Waals surface area contributed by atoms with Gasteiger partial charge in [0.1, 0.15) is 6.04 Å². The van der Waals surface area contributed by atoms with Gasteiger partial charge in [-0.1, -0.05) is 35.4 Å². The first kappa shape index (κ1) is 12.8. The molecule has 6 nitrogen and oxygen atoms in total. The van der Waals surface area contributed by atoms with Crippen molar-refractivity contribution in [3.8, 4) is 0 Å². The Hall–Kier alpha value is -2.69. The van der Waals surface area contributed by atoms with Crippen LogP contribution in [0.25, 0.3) is 10.4 Å². The van der Waals surface area contributed by atoms with Gasteiger partial charge in [-0.15, -0.1) is 0 Å². The highest BCUT2D eigenvalue weighted by atomic mass is 16.1. The van der Waals surface area contributed by atoms with Crippen molar-refractivity contribution in [2.45, 2.75) is 6.04 Å². The molecule has 0 saturated heterocycles. The average Bonchev–Trinajstić information content (AvgIpc) is 2.48. The van der Waals surface area contributed by atoms with E-state index in [-0.39, 0.29) is 5.78 Å². The Labute approximate surface area is 109 Å². The van der Waals surface area contributed by atoms with Crippen LogP contribution in [0.2, 0.25) is 0 Å². The van der Waals surface area contributed by atoms with E-state index in [2.05, 4.69) is 15.0 Å². The second-order valence-electron chi connectivity index (χ2n) is 3.83. The fraction of sp³-hybridized carbons (Fsp3) is 0.0769. The van der Waals surface area contributed by atoms with Crippen molar-refractivity contribution in [1.29, 1.82) is 0 Å². The standard InChI is InChI=1S/C13H11N5O/c14-12(11-3-1-2-8-16-11)13(19)9-4-6-10(7-5-9)17-18-15/h1-8,12H,14H2. The van der Waals surface area contributed by atoms with E-state index in [1.54, 1.807) is 48.7 Å². The predicted molar refractivity (Wildman–Crippen MR) is 70.7 cm³/mol. The summed E-state index contributed by atoms with van der Waals surface area (Å²) in [7, 11) is 0. The zero-order valence-electron chi connectivity index (χ0n) is 9.97. The second kappa shape index (κ2) is 5.77. The largest absolute Gasteiger partial charge is 0.316 e. The van der Waals surface area contributed by atoms with Gasteiger partial charge in [0.05, 0.1) is 5.69 Å². The van der Waals surface area contributed by atoms with E-state index in [4.69, 9.17) is 11.3 Å². The van der Waals surface area contributed by atoms with Crippen molar-refractivity contribution in [3.63, 3.8) is 0 Å². The SMILES string of the molecule is [N-]=[N+]=Nc1ccc(C(=O)C(N)c2ccccn2)cc1. The molecule has 94 valence electrons. The minimum Gasteiger partial charge on any atom is -0.316 e. The first-order chi connectivity index (χ1) is 9.22. The Kier molecular flexibility index (Phi) is 3.87. The number of benzene rings is 1. The number of nitrogens with two attached hydrogens (primary N) is 1. The lowest BCUT2D eigenvalue weighted by molar-refractivity contribution is 0.0960. The van der Waals surface area contributed by atoms with Crippen LogP contribution < -0.4 is 5.73 Å². The lowest BCUT2D eigenvalue weighted by Gasteiger charge is -2.09. The first-order valence-electron chi connectivity index (χ1n) is 5.58. The number of aromatic nitrogens is 1. The number of rotatable bonds is 4. The van der Waals surface area contributed by atoms with Gasteiger partial charge in [-0.25, -0.2) is 0 Å². The molecule has 0 radical (unpaired) electrons. The minimum atomic E-state index is -0.800. The number of Topliss-reactive ketones (excluding diaryl/α,β-unsaturated/α-hetero) is 1. The molecule has 0 fully saturated rings. The van der Waals surface area contributed by atoms with E-state index in [9.17, 15) is 4.79 Å². The van der Waals surface area contributed by atoms with Gasteiger partial charge < -0.3 is 5.73 Å². The van der Waals surface area contributed by atoms with E-state index < -0.39 is 6.04 Å². The Morgan fingerprint density at radius 3 is 2.58 bits per heavy atom. The molecule has 1 heterocycles. The van der Waals surface area contributed by atoms with Gasteiger partial charge in [0, 0.05) is 22.4 Å². The van der Waals surface area contributed by atoms with Crippen LogP contribution >= 0.6 is 0 Å². The van der Waals surface area contributed by atoms with Crippen LogP contribution in [0.5, 0.6) is 0 Å². The zero-order valence-corrected chi connectivity index (χ0v) is 9.97. The normalized spacial score (nSPS) is 11.4. The molecular weight excluding hydrogens is 242 g/mol. The Bertz CT molecular complexity index is 617. The van der Waals surface area contributed by atoms with Crippen LogP contribution in [0.1, 0.15) is 22.1 Å². The van der Waals surface area contributed by atoms with Crippen LogP contribution in [0, 0.1) is 0 Å². The number of hydrogen-bond donors (Lipinski definition) is 1. The number of azide groups is 1. The number of carbonyl (C=O) groups excluding carboxylic acids is 1. The third-order valence-corrected chi connectivity index (χ3v) is 2.60. The number of nitrogens with zero attached hydrogens (tertiary/aromatic N) is 4. The topological polar surface area (TPSA) is 105 Å². The van der Waals surface area contributed by atoms with E-state index in [0.717, 1.165) is 0 Å². The average molecular weight is 253 g/mol. The Morgan fingerprint density at radius 1 is 1.26 bits per heavy atom. The van der Waals surface area contributed by atoms with Crippen molar-refractivity contribution in [3.05, 3.63) is 70.4 Å². The highest BCUT2D eigenvalue weighted by Crippen LogP contribution is 2.18. The summed E-state index contributed by atoms with van der Waals surface area (Å²) in [4.78, 5) is 18.9. The molecule has 0 aliphatic heterocycles. The molecule has 2 N–H and O–H groups in total. The molecule has 19 heavy (non-hydrogen) atoms. The fourth-order valence-corrected chi connectivity index (χ4v) is 1.62. The van der Waals surface area contributed by atoms with E-state index in [1.165, 1.54) is 0 Å².